The Morgan fingerprint density at radius 2 is 1.55 bits per heavy atom. The molecule has 0 saturated carbocycles. The van der Waals surface area contributed by atoms with Crippen LogP contribution in [0.2, 0.25) is 0 Å². The highest BCUT2D eigenvalue weighted by Gasteiger charge is 2.04. The van der Waals surface area contributed by atoms with Crippen molar-refractivity contribution in [2.24, 2.45) is 0 Å². The van der Waals surface area contributed by atoms with Gasteiger partial charge in [-0.1, -0.05) is 30.0 Å². The van der Waals surface area contributed by atoms with Crippen LogP contribution in [0.3, 0.4) is 0 Å². The summed E-state index contributed by atoms with van der Waals surface area (Å²) in [6.07, 6.45) is 4.88. The molecular formula is C25H18F2N2. The second-order valence-corrected chi connectivity index (χ2v) is 6.95. The molecule has 2 nitrogen and oxygen atoms in total. The van der Waals surface area contributed by atoms with Gasteiger partial charge in [-0.15, -0.1) is 0 Å². The predicted molar refractivity (Wildman–Crippen MR) is 110 cm³/mol. The van der Waals surface area contributed by atoms with Crippen LogP contribution in [0.15, 0.2) is 67.0 Å². The largest absolute Gasteiger partial charge is 0.241 e. The number of benzene rings is 3. The molecule has 0 amide bonds. The lowest BCUT2D eigenvalue weighted by atomic mass is 10.0. The predicted octanol–water partition coefficient (Wildman–Crippen LogP) is 5.40. The van der Waals surface area contributed by atoms with Crippen molar-refractivity contribution < 1.29 is 8.78 Å². The number of hydrogen-bond acceptors (Lipinski definition) is 2. The van der Waals surface area contributed by atoms with Crippen molar-refractivity contribution in [2.45, 2.75) is 19.8 Å². The van der Waals surface area contributed by atoms with Crippen molar-refractivity contribution in [2.75, 3.05) is 0 Å². The first kappa shape index (κ1) is 18.8. The van der Waals surface area contributed by atoms with Crippen molar-refractivity contribution in [3.05, 3.63) is 107 Å². The number of nitrogens with zero attached hydrogens (tertiary/aromatic N) is 2. The van der Waals surface area contributed by atoms with E-state index in [0.717, 1.165) is 33.3 Å². The minimum absolute atomic E-state index is 0.271. The Hall–Kier alpha value is -3.58. The number of rotatable bonds is 3. The number of aryl methyl sites for hydroxylation is 3. The summed E-state index contributed by atoms with van der Waals surface area (Å²) < 4.78 is 27.7. The van der Waals surface area contributed by atoms with Crippen LogP contribution in [-0.4, -0.2) is 9.97 Å². The smallest absolute Gasteiger partial charge is 0.139 e. The van der Waals surface area contributed by atoms with Crippen LogP contribution in [0.1, 0.15) is 28.1 Å². The summed E-state index contributed by atoms with van der Waals surface area (Å²) >= 11 is 0. The molecule has 0 saturated heterocycles. The lowest BCUT2D eigenvalue weighted by Gasteiger charge is -2.03. The molecule has 0 radical (unpaired) electrons. The average Bonchev–Trinajstić information content (AvgIpc) is 2.72. The van der Waals surface area contributed by atoms with E-state index in [-0.39, 0.29) is 11.6 Å². The van der Waals surface area contributed by atoms with E-state index in [1.165, 1.54) is 18.2 Å². The molecule has 1 heterocycles. The fourth-order valence-electron chi connectivity index (χ4n) is 3.05. The number of fused-ring (bicyclic) bond motifs is 1. The first-order chi connectivity index (χ1) is 14.1. The van der Waals surface area contributed by atoms with Gasteiger partial charge in [0.2, 0.25) is 0 Å². The fraction of sp³-hybridized carbons (Fsp3) is 0.120. The van der Waals surface area contributed by atoms with Crippen LogP contribution in [0.4, 0.5) is 8.78 Å². The molecular weight excluding hydrogens is 366 g/mol. The van der Waals surface area contributed by atoms with Crippen molar-refractivity contribution >= 4 is 10.8 Å². The van der Waals surface area contributed by atoms with Gasteiger partial charge in [-0.05, 0) is 71.6 Å². The molecule has 0 N–H and O–H groups in total. The molecule has 3 aromatic carbocycles. The second kappa shape index (κ2) is 8.20. The number of hydrogen-bond donors (Lipinski definition) is 0. The van der Waals surface area contributed by atoms with Gasteiger partial charge < -0.3 is 0 Å². The van der Waals surface area contributed by atoms with Crippen molar-refractivity contribution in [1.82, 2.24) is 9.97 Å². The average molecular weight is 384 g/mol. The molecule has 0 aliphatic rings. The Bertz CT molecular complexity index is 1240. The Morgan fingerprint density at radius 1 is 0.793 bits per heavy atom. The Morgan fingerprint density at radius 3 is 2.34 bits per heavy atom. The number of aromatic nitrogens is 2. The van der Waals surface area contributed by atoms with Gasteiger partial charge in [0.15, 0.2) is 0 Å². The van der Waals surface area contributed by atoms with Gasteiger partial charge in [-0.3, -0.25) is 0 Å². The monoisotopic (exact) mass is 384 g/mol. The van der Waals surface area contributed by atoms with E-state index in [4.69, 9.17) is 0 Å². The normalized spacial score (nSPS) is 10.6. The minimum Gasteiger partial charge on any atom is -0.241 e. The summed E-state index contributed by atoms with van der Waals surface area (Å²) in [7, 11) is 0. The van der Waals surface area contributed by atoms with Crippen LogP contribution >= 0.6 is 0 Å². The molecule has 4 aromatic rings. The lowest BCUT2D eigenvalue weighted by molar-refractivity contribution is 0.621. The zero-order valence-corrected chi connectivity index (χ0v) is 15.9. The van der Waals surface area contributed by atoms with E-state index in [1.807, 2.05) is 31.2 Å². The molecule has 1 aromatic heterocycles. The van der Waals surface area contributed by atoms with Gasteiger partial charge in [0, 0.05) is 24.4 Å². The quantitative estimate of drug-likeness (QED) is 0.442. The Kier molecular flexibility index (Phi) is 5.31. The maximum atomic E-state index is 14.5. The molecule has 0 unspecified atom stereocenters. The van der Waals surface area contributed by atoms with Gasteiger partial charge in [-0.2, -0.15) is 0 Å². The highest BCUT2D eigenvalue weighted by atomic mass is 19.1. The third-order valence-electron chi connectivity index (χ3n) is 4.65. The van der Waals surface area contributed by atoms with Gasteiger partial charge in [-0.25, -0.2) is 18.7 Å². The third-order valence-corrected chi connectivity index (χ3v) is 4.65. The Balaban J connectivity index is 1.48. The van der Waals surface area contributed by atoms with Crippen LogP contribution in [0, 0.1) is 30.4 Å². The third kappa shape index (κ3) is 4.64. The summed E-state index contributed by atoms with van der Waals surface area (Å²) in [5, 5.41) is 1.70. The zero-order valence-electron chi connectivity index (χ0n) is 15.9. The van der Waals surface area contributed by atoms with E-state index < -0.39 is 0 Å². The molecule has 0 aliphatic heterocycles. The summed E-state index contributed by atoms with van der Waals surface area (Å²) in [5.41, 5.74) is 3.00. The van der Waals surface area contributed by atoms with Crippen molar-refractivity contribution in [3.8, 4) is 11.8 Å². The van der Waals surface area contributed by atoms with E-state index >= 15 is 0 Å². The highest BCUT2D eigenvalue weighted by molar-refractivity contribution is 5.83. The molecule has 29 heavy (non-hydrogen) atoms. The van der Waals surface area contributed by atoms with Crippen LogP contribution in [0.25, 0.3) is 10.8 Å². The SMILES string of the molecule is Cc1cnc(CCc2ccc(C#Cc3ccc4cc(F)ccc4c3)c(F)c2)nc1. The number of halogens is 2. The fourth-order valence-corrected chi connectivity index (χ4v) is 3.05. The van der Waals surface area contributed by atoms with Crippen LogP contribution in [-0.2, 0) is 12.8 Å². The summed E-state index contributed by atoms with van der Waals surface area (Å²) in [4.78, 5) is 8.55. The van der Waals surface area contributed by atoms with Gasteiger partial charge >= 0.3 is 0 Å². The van der Waals surface area contributed by atoms with E-state index in [1.54, 1.807) is 24.5 Å². The molecule has 4 heteroatoms. The minimum atomic E-state index is -0.345. The second-order valence-electron chi connectivity index (χ2n) is 6.95. The molecule has 0 bridgehead atoms. The molecule has 0 spiro atoms. The first-order valence-corrected chi connectivity index (χ1v) is 9.34. The van der Waals surface area contributed by atoms with Gasteiger partial charge in [0.1, 0.15) is 17.5 Å². The zero-order chi connectivity index (χ0) is 20.2. The van der Waals surface area contributed by atoms with Crippen LogP contribution < -0.4 is 0 Å². The summed E-state index contributed by atoms with van der Waals surface area (Å²) in [6.45, 7) is 1.94. The van der Waals surface area contributed by atoms with Crippen molar-refractivity contribution in [1.29, 1.82) is 0 Å². The first-order valence-electron chi connectivity index (χ1n) is 9.34. The molecule has 0 atom stereocenters. The van der Waals surface area contributed by atoms with Crippen LogP contribution in [0.5, 0.6) is 0 Å². The molecule has 0 aliphatic carbocycles. The molecule has 0 fully saturated rings. The van der Waals surface area contributed by atoms with Gasteiger partial charge in [0.05, 0.1) is 5.56 Å². The highest BCUT2D eigenvalue weighted by Crippen LogP contribution is 2.17. The van der Waals surface area contributed by atoms with Crippen molar-refractivity contribution in [3.63, 3.8) is 0 Å². The van der Waals surface area contributed by atoms with E-state index in [9.17, 15) is 8.78 Å². The van der Waals surface area contributed by atoms with Gasteiger partial charge in [0.25, 0.3) is 0 Å². The summed E-state index contributed by atoms with van der Waals surface area (Å²) in [5.74, 6) is 6.01. The standard InChI is InChI=1S/C25H18F2N2/c1-17-15-28-25(29-16-17)11-5-19-3-7-20(24(27)13-19)6-2-18-4-8-22-14-23(26)10-9-21(22)12-18/h3-4,7-10,12-16H,5,11H2,1H3. The Labute approximate surface area is 168 Å². The molecule has 142 valence electrons. The topological polar surface area (TPSA) is 25.8 Å². The molecule has 4 rings (SSSR count). The lowest BCUT2D eigenvalue weighted by Crippen LogP contribution is -1.99. The summed E-state index contributed by atoms with van der Waals surface area (Å²) in [6, 6.07) is 15.2. The maximum Gasteiger partial charge on any atom is 0.139 e. The maximum absolute atomic E-state index is 14.5. The van der Waals surface area contributed by atoms with E-state index in [2.05, 4.69) is 21.8 Å². The van der Waals surface area contributed by atoms with E-state index in [0.29, 0.717) is 18.4 Å².